The Morgan fingerprint density at radius 3 is 3.11 bits per heavy atom. The minimum absolute atomic E-state index is 0.0400. The van der Waals surface area contributed by atoms with Gasteiger partial charge < -0.3 is 15.4 Å². The van der Waals surface area contributed by atoms with E-state index in [-0.39, 0.29) is 11.5 Å². The fraction of sp³-hybridized carbons (Fsp3) is 0.500. The van der Waals surface area contributed by atoms with Crippen molar-refractivity contribution in [1.82, 2.24) is 25.3 Å². The molecular weight excluding hydrogens is 254 g/mol. The quantitative estimate of drug-likeness (QED) is 0.641. The van der Waals surface area contributed by atoms with Gasteiger partial charge in [-0.15, -0.1) is 5.10 Å². The minimum Gasteiger partial charge on any atom is -0.396 e. The number of aliphatic hydroxyl groups is 1. The van der Waals surface area contributed by atoms with Crippen LogP contribution in [0, 0.1) is 0 Å². The van der Waals surface area contributed by atoms with Crippen molar-refractivity contribution in [2.45, 2.75) is 26.1 Å². The van der Waals surface area contributed by atoms with E-state index in [0.29, 0.717) is 26.1 Å². The topological polar surface area (TPSA) is 95.8 Å². The molecule has 2 aromatic heterocycles. The van der Waals surface area contributed by atoms with Gasteiger partial charge in [-0.05, 0) is 6.42 Å². The van der Waals surface area contributed by atoms with Gasteiger partial charge in [0.2, 0.25) is 0 Å². The molecule has 2 aromatic rings. The van der Waals surface area contributed by atoms with Crippen LogP contribution in [0.15, 0.2) is 16.4 Å². The van der Waals surface area contributed by atoms with Crippen LogP contribution < -0.4 is 10.2 Å². The minimum atomic E-state index is -0.0400. The summed E-state index contributed by atoms with van der Waals surface area (Å²) in [5, 5.41) is 21.6. The van der Waals surface area contributed by atoms with Crippen molar-refractivity contribution in [3.05, 3.63) is 32.6 Å². The first kappa shape index (κ1) is 12.9. The molecule has 0 saturated carbocycles. The van der Waals surface area contributed by atoms with Gasteiger partial charge in [0.1, 0.15) is 0 Å². The maximum Gasteiger partial charge on any atom is 0.304 e. The molecule has 0 unspecified atom stereocenters. The van der Waals surface area contributed by atoms with Gasteiger partial charge in [-0.2, -0.15) is 0 Å². The third kappa shape index (κ3) is 3.76. The fourth-order valence-corrected chi connectivity index (χ4v) is 2.07. The molecule has 0 atom stereocenters. The molecule has 3 N–H and O–H groups in total. The summed E-state index contributed by atoms with van der Waals surface area (Å²) in [4.78, 5) is 13.6. The van der Waals surface area contributed by atoms with Crippen LogP contribution in [-0.2, 0) is 19.6 Å². The molecule has 0 radical (unpaired) electrons. The molecule has 2 heterocycles. The lowest BCUT2D eigenvalue weighted by Crippen LogP contribution is -2.14. The highest BCUT2D eigenvalue weighted by Gasteiger charge is 2.01. The Balaban J connectivity index is 1.76. The molecule has 0 spiro atoms. The number of nitrogens with one attached hydrogen (secondary N) is 2. The van der Waals surface area contributed by atoms with E-state index in [4.69, 9.17) is 5.11 Å². The number of rotatable bonds is 7. The summed E-state index contributed by atoms with van der Waals surface area (Å²) in [6.45, 7) is 2.01. The van der Waals surface area contributed by atoms with Crippen LogP contribution in [0.1, 0.15) is 17.8 Å². The largest absolute Gasteiger partial charge is 0.396 e. The van der Waals surface area contributed by atoms with E-state index in [1.807, 2.05) is 6.20 Å². The second kappa shape index (κ2) is 6.43. The third-order valence-corrected chi connectivity index (χ3v) is 3.04. The molecule has 2 rings (SSSR count). The van der Waals surface area contributed by atoms with Crippen molar-refractivity contribution in [1.29, 1.82) is 0 Å². The Morgan fingerprint density at radius 1 is 1.50 bits per heavy atom. The Bertz CT molecular complexity index is 532. The molecule has 0 aromatic carbocycles. The SMILES string of the molecule is O=c1[nH]c(CNCc2cn(CCCO)nn2)cs1. The summed E-state index contributed by atoms with van der Waals surface area (Å²) >= 11 is 1.16. The van der Waals surface area contributed by atoms with Gasteiger partial charge in [0.05, 0.1) is 5.69 Å². The van der Waals surface area contributed by atoms with Crippen LogP contribution in [0.4, 0.5) is 0 Å². The maximum absolute atomic E-state index is 10.9. The lowest BCUT2D eigenvalue weighted by Gasteiger charge is -1.99. The van der Waals surface area contributed by atoms with Gasteiger partial charge in [-0.25, -0.2) is 0 Å². The maximum atomic E-state index is 10.9. The van der Waals surface area contributed by atoms with Crippen LogP contribution in [0.2, 0.25) is 0 Å². The number of aryl methyl sites for hydroxylation is 1. The van der Waals surface area contributed by atoms with Crippen LogP contribution >= 0.6 is 11.3 Å². The average molecular weight is 269 g/mol. The summed E-state index contributed by atoms with van der Waals surface area (Å²) in [5.41, 5.74) is 1.71. The van der Waals surface area contributed by atoms with Crippen molar-refractivity contribution in [3.63, 3.8) is 0 Å². The van der Waals surface area contributed by atoms with E-state index in [0.717, 1.165) is 22.7 Å². The number of hydrogen-bond donors (Lipinski definition) is 3. The Hall–Kier alpha value is -1.51. The predicted molar refractivity (Wildman–Crippen MR) is 67.2 cm³/mol. The highest BCUT2D eigenvalue weighted by Crippen LogP contribution is 1.97. The number of hydrogen-bond acceptors (Lipinski definition) is 6. The Morgan fingerprint density at radius 2 is 2.39 bits per heavy atom. The number of aromatic amines is 1. The van der Waals surface area contributed by atoms with Gasteiger partial charge in [0.25, 0.3) is 0 Å². The molecule has 0 saturated heterocycles. The molecule has 0 bridgehead atoms. The van der Waals surface area contributed by atoms with Gasteiger partial charge in [-0.3, -0.25) is 9.48 Å². The predicted octanol–water partition coefficient (Wildman–Crippen LogP) is -0.300. The highest BCUT2D eigenvalue weighted by molar-refractivity contribution is 7.07. The van der Waals surface area contributed by atoms with E-state index in [1.54, 1.807) is 10.1 Å². The first-order valence-electron chi connectivity index (χ1n) is 5.65. The zero-order chi connectivity index (χ0) is 12.8. The molecule has 18 heavy (non-hydrogen) atoms. The number of aliphatic hydroxyl groups excluding tert-OH is 1. The second-order valence-corrected chi connectivity index (χ2v) is 4.67. The van der Waals surface area contributed by atoms with Gasteiger partial charge >= 0.3 is 4.87 Å². The van der Waals surface area contributed by atoms with Crippen molar-refractivity contribution in [3.8, 4) is 0 Å². The van der Waals surface area contributed by atoms with E-state index < -0.39 is 0 Å². The molecule has 8 heteroatoms. The Labute approximate surface area is 107 Å². The van der Waals surface area contributed by atoms with Crippen LogP contribution in [-0.4, -0.2) is 31.7 Å². The van der Waals surface area contributed by atoms with Crippen molar-refractivity contribution >= 4 is 11.3 Å². The normalized spacial score (nSPS) is 10.9. The van der Waals surface area contributed by atoms with E-state index in [9.17, 15) is 4.79 Å². The Kier molecular flexibility index (Phi) is 4.62. The number of aromatic nitrogens is 4. The summed E-state index contributed by atoms with van der Waals surface area (Å²) < 4.78 is 1.71. The highest BCUT2D eigenvalue weighted by atomic mass is 32.1. The molecule has 0 aliphatic rings. The zero-order valence-corrected chi connectivity index (χ0v) is 10.6. The fourth-order valence-electron chi connectivity index (χ4n) is 1.49. The van der Waals surface area contributed by atoms with Crippen molar-refractivity contribution in [2.75, 3.05) is 6.61 Å². The second-order valence-electron chi connectivity index (χ2n) is 3.83. The van der Waals surface area contributed by atoms with E-state index in [2.05, 4.69) is 20.6 Å². The molecule has 0 aliphatic carbocycles. The molecule has 98 valence electrons. The molecule has 0 aliphatic heterocycles. The van der Waals surface area contributed by atoms with Gasteiger partial charge in [0, 0.05) is 43.5 Å². The van der Waals surface area contributed by atoms with Crippen LogP contribution in [0.25, 0.3) is 0 Å². The molecule has 0 amide bonds. The standard InChI is InChI=1S/C10H15N5O2S/c16-3-1-2-15-6-8(13-14-15)4-11-5-9-7-18-10(17)12-9/h6-7,11,16H,1-5H2,(H,12,17). The smallest absolute Gasteiger partial charge is 0.304 e. The first-order valence-corrected chi connectivity index (χ1v) is 6.53. The number of H-pyrrole nitrogens is 1. The third-order valence-electron chi connectivity index (χ3n) is 2.32. The van der Waals surface area contributed by atoms with Crippen LogP contribution in [0.5, 0.6) is 0 Å². The summed E-state index contributed by atoms with van der Waals surface area (Å²) in [7, 11) is 0. The monoisotopic (exact) mass is 269 g/mol. The lowest BCUT2D eigenvalue weighted by atomic mass is 10.4. The summed E-state index contributed by atoms with van der Waals surface area (Å²) in [5.74, 6) is 0. The number of nitrogens with zero attached hydrogens (tertiary/aromatic N) is 3. The molecular formula is C10H15N5O2S. The summed E-state index contributed by atoms with van der Waals surface area (Å²) in [6.07, 6.45) is 2.52. The molecule has 7 nitrogen and oxygen atoms in total. The van der Waals surface area contributed by atoms with Gasteiger partial charge in [-0.1, -0.05) is 16.6 Å². The van der Waals surface area contributed by atoms with Crippen LogP contribution in [0.3, 0.4) is 0 Å². The van der Waals surface area contributed by atoms with E-state index in [1.165, 1.54) is 0 Å². The number of thiazole rings is 1. The zero-order valence-electron chi connectivity index (χ0n) is 9.80. The van der Waals surface area contributed by atoms with Crippen molar-refractivity contribution in [2.24, 2.45) is 0 Å². The van der Waals surface area contributed by atoms with Gasteiger partial charge in [0.15, 0.2) is 0 Å². The lowest BCUT2D eigenvalue weighted by molar-refractivity contribution is 0.276. The molecule has 0 fully saturated rings. The van der Waals surface area contributed by atoms with E-state index >= 15 is 0 Å². The van der Waals surface area contributed by atoms with Crippen molar-refractivity contribution < 1.29 is 5.11 Å². The average Bonchev–Trinajstić information content (AvgIpc) is 2.96. The summed E-state index contributed by atoms with van der Waals surface area (Å²) in [6, 6.07) is 0. The first-order chi connectivity index (χ1) is 8.78.